The van der Waals surface area contributed by atoms with Gasteiger partial charge in [0.05, 0.1) is 15.9 Å². The molecule has 0 atom stereocenters. The molecule has 0 unspecified atom stereocenters. The van der Waals surface area contributed by atoms with Crippen molar-refractivity contribution in [1.82, 2.24) is 9.55 Å². The van der Waals surface area contributed by atoms with Gasteiger partial charge in [0.1, 0.15) is 12.4 Å². The molecule has 0 radical (unpaired) electrons. The Labute approximate surface area is 188 Å². The highest BCUT2D eigenvalue weighted by molar-refractivity contribution is 7.89. The van der Waals surface area contributed by atoms with Gasteiger partial charge in [-0.3, -0.25) is 14.8 Å². The molecule has 0 spiro atoms. The van der Waals surface area contributed by atoms with Crippen molar-refractivity contribution in [1.29, 1.82) is 5.41 Å². The molecule has 4 aromatic rings. The third-order valence-electron chi connectivity index (χ3n) is 5.07. The van der Waals surface area contributed by atoms with Crippen LogP contribution in [0.25, 0.3) is 22.2 Å². The maximum atomic E-state index is 12.8. The lowest BCUT2D eigenvalue weighted by Gasteiger charge is -2.14. The number of hydrogen-bond donors (Lipinski definition) is 5. The largest absolute Gasteiger partial charge is 0.384 e. The number of carbonyl (C=O) groups excluding carboxylic acids is 1. The zero-order valence-corrected chi connectivity index (χ0v) is 18.0. The van der Waals surface area contributed by atoms with Gasteiger partial charge in [-0.15, -0.1) is 0 Å². The summed E-state index contributed by atoms with van der Waals surface area (Å²) in [5, 5.41) is 15.6. The van der Waals surface area contributed by atoms with Gasteiger partial charge in [-0.25, -0.2) is 18.4 Å². The summed E-state index contributed by atoms with van der Waals surface area (Å²) in [5.41, 5.74) is 7.55. The number of imidazole rings is 1. The second-order valence-corrected chi connectivity index (χ2v) is 8.83. The number of hydrogen-bond acceptors (Lipinski definition) is 5. The minimum absolute atomic E-state index is 0.0687. The van der Waals surface area contributed by atoms with E-state index in [0.29, 0.717) is 33.4 Å². The van der Waals surface area contributed by atoms with Gasteiger partial charge in [0.25, 0.3) is 0 Å². The molecule has 11 heteroatoms. The highest BCUT2D eigenvalue weighted by Crippen LogP contribution is 2.32. The molecular weight excluding hydrogens is 444 g/mol. The molecule has 0 aliphatic rings. The number of primary sulfonamides is 1. The lowest BCUT2D eigenvalue weighted by atomic mass is 10.0. The first-order valence-electron chi connectivity index (χ1n) is 9.73. The van der Waals surface area contributed by atoms with E-state index in [0.717, 1.165) is 0 Å². The second kappa shape index (κ2) is 8.37. The highest BCUT2D eigenvalue weighted by atomic mass is 32.2. The Morgan fingerprint density at radius 1 is 1.03 bits per heavy atom. The van der Waals surface area contributed by atoms with Gasteiger partial charge in [-0.05, 0) is 30.3 Å². The number of aromatic amines is 1. The van der Waals surface area contributed by atoms with Crippen molar-refractivity contribution in [2.45, 2.75) is 11.4 Å². The summed E-state index contributed by atoms with van der Waals surface area (Å²) in [6, 6.07) is 17.7. The number of carbonyl (C=O) groups is 1. The van der Waals surface area contributed by atoms with Crippen LogP contribution in [0, 0.1) is 5.41 Å². The third kappa shape index (κ3) is 4.40. The van der Waals surface area contributed by atoms with E-state index in [4.69, 9.17) is 16.3 Å². The van der Waals surface area contributed by atoms with Crippen molar-refractivity contribution in [3.05, 3.63) is 82.8 Å². The number of aromatic nitrogens is 2. The average Bonchev–Trinajstić information content (AvgIpc) is 3.07. The first kappa shape index (κ1) is 22.0. The summed E-state index contributed by atoms with van der Waals surface area (Å²) in [7, 11) is -3.99. The number of H-pyrrole nitrogens is 1. The van der Waals surface area contributed by atoms with Crippen LogP contribution in [-0.2, 0) is 21.4 Å². The van der Waals surface area contributed by atoms with E-state index in [-0.39, 0.29) is 17.3 Å². The number of sulfonamides is 1. The van der Waals surface area contributed by atoms with Crippen LogP contribution in [0.2, 0.25) is 0 Å². The van der Waals surface area contributed by atoms with E-state index in [1.54, 1.807) is 60.7 Å². The predicted molar refractivity (Wildman–Crippen MR) is 125 cm³/mol. The van der Waals surface area contributed by atoms with Crippen molar-refractivity contribution in [2.75, 3.05) is 5.32 Å². The first-order chi connectivity index (χ1) is 15.6. The van der Waals surface area contributed by atoms with Gasteiger partial charge < -0.3 is 16.0 Å². The van der Waals surface area contributed by atoms with Crippen molar-refractivity contribution in [3.8, 4) is 11.1 Å². The zero-order chi connectivity index (χ0) is 23.8. The topological polar surface area (TPSA) is 177 Å². The maximum Gasteiger partial charge on any atom is 0.326 e. The molecule has 0 aliphatic heterocycles. The van der Waals surface area contributed by atoms with Crippen LogP contribution in [-0.4, -0.2) is 29.7 Å². The molecule has 1 amide bonds. The quantitative estimate of drug-likeness (QED) is 0.214. The summed E-state index contributed by atoms with van der Waals surface area (Å²) >= 11 is 0. The number of anilines is 1. The van der Waals surface area contributed by atoms with Crippen LogP contribution in [0.3, 0.4) is 0 Å². The fourth-order valence-electron chi connectivity index (χ4n) is 3.59. The highest BCUT2D eigenvalue weighted by Gasteiger charge is 2.18. The van der Waals surface area contributed by atoms with Crippen molar-refractivity contribution >= 4 is 38.5 Å². The summed E-state index contributed by atoms with van der Waals surface area (Å²) in [6.45, 7) is -0.288. The Kier molecular flexibility index (Phi) is 5.58. The maximum absolute atomic E-state index is 12.8. The smallest absolute Gasteiger partial charge is 0.326 e. The number of nitrogens with zero attached hydrogens (tertiary/aromatic N) is 1. The lowest BCUT2D eigenvalue weighted by Crippen LogP contribution is -2.26. The lowest BCUT2D eigenvalue weighted by molar-refractivity contribution is -0.116. The van der Waals surface area contributed by atoms with Crippen LogP contribution < -0.4 is 21.9 Å². The minimum Gasteiger partial charge on any atom is -0.384 e. The van der Waals surface area contributed by atoms with E-state index in [1.807, 2.05) is 0 Å². The van der Waals surface area contributed by atoms with Crippen molar-refractivity contribution < 1.29 is 13.2 Å². The standard InChI is InChI=1S/C22H20N6O4S/c23-21(24)13-9-10-18-17(11-13)27-22(30)28(18)12-20(29)26-16-7-3-1-5-14(16)15-6-2-4-8-19(15)33(25,31)32/h1-11H,12H2,(H3,23,24)(H,26,29)(H,27,30)(H2,25,31,32). The number of rotatable bonds is 6. The van der Waals surface area contributed by atoms with Gasteiger partial charge in [0.2, 0.25) is 15.9 Å². The summed E-state index contributed by atoms with van der Waals surface area (Å²) in [6.07, 6.45) is 0. The summed E-state index contributed by atoms with van der Waals surface area (Å²) < 4.78 is 25.3. The fourth-order valence-corrected chi connectivity index (χ4v) is 4.34. The number of fused-ring (bicyclic) bond motifs is 1. The first-order valence-corrected chi connectivity index (χ1v) is 11.3. The Bertz CT molecular complexity index is 1570. The van der Waals surface area contributed by atoms with Gasteiger partial charge in [0.15, 0.2) is 0 Å². The molecule has 3 aromatic carbocycles. The molecule has 0 saturated heterocycles. The number of amidine groups is 1. The predicted octanol–water partition coefficient (Wildman–Crippen LogP) is 1.57. The van der Waals surface area contributed by atoms with Crippen LogP contribution in [0.4, 0.5) is 5.69 Å². The Morgan fingerprint density at radius 2 is 1.70 bits per heavy atom. The van der Waals surface area contributed by atoms with Gasteiger partial charge in [0, 0.05) is 22.4 Å². The monoisotopic (exact) mass is 464 g/mol. The van der Waals surface area contributed by atoms with E-state index in [9.17, 15) is 18.0 Å². The molecule has 0 saturated carbocycles. The number of nitrogens with one attached hydrogen (secondary N) is 3. The van der Waals surface area contributed by atoms with E-state index in [2.05, 4.69) is 10.3 Å². The number of para-hydroxylation sites is 1. The second-order valence-electron chi connectivity index (χ2n) is 7.30. The third-order valence-corrected chi connectivity index (χ3v) is 6.04. The zero-order valence-electron chi connectivity index (χ0n) is 17.2. The van der Waals surface area contributed by atoms with E-state index < -0.39 is 21.6 Å². The molecule has 33 heavy (non-hydrogen) atoms. The molecule has 1 heterocycles. The van der Waals surface area contributed by atoms with Crippen LogP contribution >= 0.6 is 0 Å². The number of nitrogens with two attached hydrogens (primary N) is 2. The van der Waals surface area contributed by atoms with E-state index >= 15 is 0 Å². The molecule has 0 bridgehead atoms. The van der Waals surface area contributed by atoms with Crippen molar-refractivity contribution in [2.24, 2.45) is 10.9 Å². The van der Waals surface area contributed by atoms with Crippen LogP contribution in [0.15, 0.2) is 76.4 Å². The SMILES string of the molecule is N=C(N)c1ccc2c(c1)[nH]c(=O)n2CC(=O)Nc1ccccc1-c1ccccc1S(N)(=O)=O. The van der Waals surface area contributed by atoms with Gasteiger partial charge in [-0.2, -0.15) is 0 Å². The molecule has 0 fully saturated rings. The number of benzene rings is 3. The van der Waals surface area contributed by atoms with Crippen molar-refractivity contribution in [3.63, 3.8) is 0 Å². The average molecular weight is 465 g/mol. The Balaban J connectivity index is 1.67. The number of nitrogen functional groups attached to an aromatic ring is 1. The molecule has 168 valence electrons. The Hall–Kier alpha value is -4.22. The molecular formula is C22H20N6O4S. The molecule has 7 N–H and O–H groups in total. The number of amides is 1. The molecule has 0 aliphatic carbocycles. The molecule has 1 aromatic heterocycles. The van der Waals surface area contributed by atoms with Crippen LogP contribution in [0.5, 0.6) is 0 Å². The normalized spacial score (nSPS) is 11.4. The fraction of sp³-hybridized carbons (Fsp3) is 0.0455. The Morgan fingerprint density at radius 3 is 2.39 bits per heavy atom. The van der Waals surface area contributed by atoms with Crippen LogP contribution in [0.1, 0.15) is 5.56 Å². The summed E-state index contributed by atoms with van der Waals surface area (Å²) in [4.78, 5) is 27.8. The van der Waals surface area contributed by atoms with E-state index in [1.165, 1.54) is 10.6 Å². The molecule has 4 rings (SSSR count). The summed E-state index contributed by atoms with van der Waals surface area (Å²) in [5.74, 6) is -0.631. The minimum atomic E-state index is -3.99. The van der Waals surface area contributed by atoms with Gasteiger partial charge in [-0.1, -0.05) is 36.4 Å². The molecule has 10 nitrogen and oxygen atoms in total. The van der Waals surface area contributed by atoms with Gasteiger partial charge >= 0.3 is 5.69 Å².